The van der Waals surface area contributed by atoms with Crippen molar-refractivity contribution in [3.05, 3.63) is 111 Å². The summed E-state index contributed by atoms with van der Waals surface area (Å²) in [6, 6.07) is 19.8. The van der Waals surface area contributed by atoms with Crippen LogP contribution in [0.4, 0.5) is 10.5 Å². The van der Waals surface area contributed by atoms with Gasteiger partial charge in [0.15, 0.2) is 11.5 Å². The van der Waals surface area contributed by atoms with E-state index in [0.29, 0.717) is 32.3 Å². The molecule has 0 saturated heterocycles. The van der Waals surface area contributed by atoms with E-state index in [1.54, 1.807) is 18.2 Å². The van der Waals surface area contributed by atoms with Gasteiger partial charge in [0.25, 0.3) is 14.2 Å². The van der Waals surface area contributed by atoms with Crippen LogP contribution in [0.25, 0.3) is 0 Å². The minimum Gasteiger partial charge on any atom is -0.543 e. The number of esters is 1. The zero-order valence-corrected chi connectivity index (χ0v) is 39.7. The lowest BCUT2D eigenvalue weighted by molar-refractivity contribution is -0.124. The topological polar surface area (TPSA) is 159 Å². The Morgan fingerprint density at radius 1 is 0.869 bits per heavy atom. The quantitative estimate of drug-likeness (QED) is 0.0559. The number of aromatic nitrogens is 1. The van der Waals surface area contributed by atoms with Crippen LogP contribution >= 0.6 is 27.5 Å². The fourth-order valence-electron chi connectivity index (χ4n) is 8.25. The fraction of sp³-hybridized carbons (Fsp3) is 0.444. The summed E-state index contributed by atoms with van der Waals surface area (Å²) in [6.45, 7) is 16.8. The molecule has 0 bridgehead atoms. The van der Waals surface area contributed by atoms with Crippen LogP contribution in [0, 0.1) is 5.92 Å². The van der Waals surface area contributed by atoms with Crippen LogP contribution in [0.1, 0.15) is 100 Å². The van der Waals surface area contributed by atoms with E-state index >= 15 is 0 Å². The number of hydrogen-bond acceptors (Lipinski definition) is 10. The number of anilines is 1. The van der Waals surface area contributed by atoms with Gasteiger partial charge in [-0.15, -0.1) is 0 Å². The van der Waals surface area contributed by atoms with Crippen LogP contribution in [-0.4, -0.2) is 64.2 Å². The Balaban J connectivity index is 1.48. The number of amides is 3. The van der Waals surface area contributed by atoms with E-state index < -0.39 is 49.2 Å². The minimum absolute atomic E-state index is 0.00926. The Morgan fingerprint density at radius 3 is 2.08 bits per heavy atom. The number of benzene rings is 3. The van der Waals surface area contributed by atoms with Gasteiger partial charge in [-0.3, -0.25) is 14.5 Å². The summed E-state index contributed by atoms with van der Waals surface area (Å²) in [5, 5.41) is 5.73. The molecule has 328 valence electrons. The third-order valence-electron chi connectivity index (χ3n) is 11.2. The summed E-state index contributed by atoms with van der Waals surface area (Å²) in [5.41, 5.74) is 3.07. The van der Waals surface area contributed by atoms with E-state index in [2.05, 4.69) is 73.1 Å². The number of nitrogens with one attached hydrogen (secondary N) is 2. The molecule has 2 N–H and O–H groups in total. The lowest BCUT2D eigenvalue weighted by Crippen LogP contribution is -2.50. The first-order chi connectivity index (χ1) is 28.9. The molecule has 0 aliphatic carbocycles. The summed E-state index contributed by atoms with van der Waals surface area (Å²) in [6.07, 6.45) is -0.712. The van der Waals surface area contributed by atoms with Crippen LogP contribution in [-0.2, 0) is 41.7 Å². The molecule has 0 radical (unpaired) electrons. The number of fused-ring (bicyclic) bond motifs is 1. The van der Waals surface area contributed by atoms with E-state index in [0.717, 1.165) is 16.9 Å². The van der Waals surface area contributed by atoms with E-state index in [9.17, 15) is 19.2 Å². The summed E-state index contributed by atoms with van der Waals surface area (Å²) >= 11 is 10.8. The third kappa shape index (κ3) is 9.85. The Morgan fingerprint density at radius 2 is 1.51 bits per heavy atom. The van der Waals surface area contributed by atoms with Crippen molar-refractivity contribution in [3.8, 4) is 5.75 Å². The Kier molecular flexibility index (Phi) is 15.5. The van der Waals surface area contributed by atoms with Gasteiger partial charge in [-0.2, -0.15) is 0 Å². The highest BCUT2D eigenvalue weighted by molar-refractivity contribution is 9.10. The van der Waals surface area contributed by atoms with Gasteiger partial charge in [0, 0.05) is 23.6 Å². The highest BCUT2D eigenvalue weighted by atomic mass is 79.9. The molecule has 5 rings (SSSR count). The number of oxazole rings is 1. The number of ether oxygens (including phenoxy) is 3. The molecule has 61 heavy (non-hydrogen) atoms. The maximum absolute atomic E-state index is 14.4. The smallest absolute Gasteiger partial charge is 0.408 e. The molecule has 1 aromatic heterocycles. The first-order valence-electron chi connectivity index (χ1n) is 20.3. The van der Waals surface area contributed by atoms with Crippen molar-refractivity contribution in [2.75, 3.05) is 25.9 Å². The van der Waals surface area contributed by atoms with Gasteiger partial charge < -0.3 is 33.7 Å². The highest BCUT2D eigenvalue weighted by Gasteiger charge is 2.57. The van der Waals surface area contributed by atoms with Gasteiger partial charge in [-0.1, -0.05) is 122 Å². The number of carbonyl (C=O) groups excluding carboxylic acids is 4. The lowest BCUT2D eigenvalue weighted by atomic mass is 9.95. The summed E-state index contributed by atoms with van der Waals surface area (Å²) < 4.78 is 29.7. The Bertz CT molecular complexity index is 2160. The van der Waals surface area contributed by atoms with Gasteiger partial charge in [0.1, 0.15) is 31.2 Å². The molecule has 0 spiro atoms. The third-order valence-corrected chi connectivity index (χ3v) is 18.4. The van der Waals surface area contributed by atoms with Gasteiger partial charge in [0.05, 0.1) is 12.8 Å². The zero-order chi connectivity index (χ0) is 44.8. The normalized spacial score (nSPS) is 16.2. The second kappa shape index (κ2) is 20.0. The molecule has 0 unspecified atom stereocenters. The predicted molar refractivity (Wildman–Crippen MR) is 239 cm³/mol. The maximum atomic E-state index is 14.4. The van der Waals surface area contributed by atoms with Crippen LogP contribution in [0.15, 0.2) is 81.7 Å². The Hall–Kier alpha value is -4.70. The van der Waals surface area contributed by atoms with Crippen LogP contribution in [0.5, 0.6) is 5.75 Å². The molecule has 3 aromatic carbocycles. The molecule has 2 heterocycles. The monoisotopic (exact) mass is 938 g/mol. The average Bonchev–Trinajstić information content (AvgIpc) is 3.76. The first-order valence-corrected chi connectivity index (χ1v) is 23.6. The predicted octanol–water partition coefficient (Wildman–Crippen LogP) is 9.56. The molecule has 3 atom stereocenters. The van der Waals surface area contributed by atoms with E-state index in [1.807, 2.05) is 68.4 Å². The fourth-order valence-corrected chi connectivity index (χ4v) is 14.5. The molecule has 3 amide bonds. The Labute approximate surface area is 372 Å². The molecule has 0 fully saturated rings. The van der Waals surface area contributed by atoms with E-state index in [-0.39, 0.29) is 43.0 Å². The van der Waals surface area contributed by atoms with Gasteiger partial charge in [0.2, 0.25) is 16.7 Å². The number of carbonyl (C=O) groups is 4. The molecule has 16 heteroatoms. The van der Waals surface area contributed by atoms with Crippen molar-refractivity contribution in [2.45, 2.75) is 102 Å². The van der Waals surface area contributed by atoms with Crippen LogP contribution in [0.3, 0.4) is 0 Å². The largest absolute Gasteiger partial charge is 0.543 e. The minimum atomic E-state index is -2.23. The van der Waals surface area contributed by atoms with Gasteiger partial charge in [-0.25, -0.2) is 14.6 Å². The molecule has 13 nitrogen and oxygen atoms in total. The van der Waals surface area contributed by atoms with E-state index in [1.165, 1.54) is 19.1 Å². The molecule has 0 saturated carbocycles. The van der Waals surface area contributed by atoms with Crippen molar-refractivity contribution in [1.29, 1.82) is 0 Å². The SMILES string of the molecule is COCN1C(=O)[C@@](Cl)(c2oc([C@@H](NC(=O)[C@H](Cc3ccc(O[Si](C(C)C)(C(C)C)C(C)C)cc3)NC(=O)OCc3ccccc3)C(C)C)nc2C(=O)OC)c2cccc(Br)c21. The second-order valence-electron chi connectivity index (χ2n) is 16.4. The second-order valence-corrected chi connectivity index (χ2v) is 23.2. The first kappa shape index (κ1) is 47.3. The van der Waals surface area contributed by atoms with Gasteiger partial charge >= 0.3 is 12.1 Å². The molecule has 1 aliphatic heterocycles. The summed E-state index contributed by atoms with van der Waals surface area (Å²) in [7, 11) is 0.378. The van der Waals surface area contributed by atoms with Crippen molar-refractivity contribution >= 4 is 65.4 Å². The highest BCUT2D eigenvalue weighted by Crippen LogP contribution is 2.53. The van der Waals surface area contributed by atoms with Gasteiger partial charge in [-0.05, 0) is 67.8 Å². The number of nitrogens with zero attached hydrogens (tertiary/aromatic N) is 2. The zero-order valence-electron chi connectivity index (χ0n) is 36.3. The number of hydrogen-bond donors (Lipinski definition) is 2. The average molecular weight is 940 g/mol. The number of rotatable bonds is 18. The number of alkyl halides is 1. The van der Waals surface area contributed by atoms with Crippen LogP contribution < -0.4 is 20.0 Å². The van der Waals surface area contributed by atoms with Crippen molar-refractivity contribution in [1.82, 2.24) is 15.6 Å². The molecular formula is C45H56BrClN4O9Si. The lowest BCUT2D eigenvalue weighted by Gasteiger charge is -2.42. The summed E-state index contributed by atoms with van der Waals surface area (Å²) in [5.74, 6) is -2.14. The van der Waals surface area contributed by atoms with Crippen molar-refractivity contribution in [3.63, 3.8) is 0 Å². The number of halogens is 2. The maximum Gasteiger partial charge on any atom is 0.408 e. The number of methoxy groups -OCH3 is 2. The molecule has 4 aromatic rings. The van der Waals surface area contributed by atoms with Crippen LogP contribution in [0.2, 0.25) is 16.6 Å². The van der Waals surface area contributed by atoms with Crippen molar-refractivity contribution < 1.29 is 42.2 Å². The number of alkyl carbamates (subject to hydrolysis) is 1. The standard InChI is InChI=1S/C45H56BrClN4O9Si/c1-26(2)36(41-50-37(42(53)57-10)39(59-41)45(47)33-17-14-18-34(46)38(33)51(25-56-9)43(45)54)49-40(52)35(48-44(55)58-24-31-15-12-11-13-16-31)23-30-19-21-32(22-20-30)60-61(27(3)4,28(5)6)29(7)8/h11-22,26-29,35-36H,23-25H2,1-10H3,(H,48,55)(H,49,52)/t35-,36-,45-/m0/s1. The van der Waals surface area contributed by atoms with E-state index in [4.69, 9.17) is 34.7 Å². The summed E-state index contributed by atoms with van der Waals surface area (Å²) in [4.78, 5) is 59.1. The molecule has 1 aliphatic rings. The molecular weight excluding hydrogens is 884 g/mol. The number of para-hydroxylation sites is 1. The van der Waals surface area contributed by atoms with Crippen molar-refractivity contribution in [2.24, 2.45) is 5.92 Å².